The number of hydrogen-bond donors (Lipinski definition) is 4. The molecular weight excluding hydrogens is 622 g/mol. The van der Waals surface area contributed by atoms with E-state index in [2.05, 4.69) is 10.7 Å². The number of aliphatic hydroxyl groups excluding tert-OH is 2. The smallest absolute Gasteiger partial charge is 0.234 e. The Morgan fingerprint density at radius 3 is 1.88 bits per heavy atom. The standard InChI is InChI=1S/C38H69N5O6/c1-6-18-42(19-7-2)38(49)31-24-29(23-30(25-31)37(48)41(4)5)36(47)39-33(21-28-14-16-32(44)17-15-28)34(45)26-43(20-8-3)40-35(46)22-27-12-10-9-11-13-27/h27-34,44-45H,6-26H2,1-5H3,(H,39,47)(H,40,46). The average molecular weight is 692 g/mol. The van der Waals surface area contributed by atoms with Crippen LogP contribution >= 0.6 is 0 Å². The van der Waals surface area contributed by atoms with Gasteiger partial charge in [0.25, 0.3) is 0 Å². The summed E-state index contributed by atoms with van der Waals surface area (Å²) in [6.45, 7) is 8.21. The molecule has 3 aliphatic rings. The predicted molar refractivity (Wildman–Crippen MR) is 192 cm³/mol. The van der Waals surface area contributed by atoms with Gasteiger partial charge < -0.3 is 25.3 Å². The summed E-state index contributed by atoms with van der Waals surface area (Å²) < 4.78 is 0. The fourth-order valence-corrected chi connectivity index (χ4v) is 8.48. The number of hydrogen-bond acceptors (Lipinski definition) is 7. The monoisotopic (exact) mass is 692 g/mol. The minimum atomic E-state index is -0.942. The van der Waals surface area contributed by atoms with Gasteiger partial charge in [0.2, 0.25) is 23.6 Å². The molecule has 0 aliphatic heterocycles. The molecule has 3 saturated carbocycles. The molecule has 0 aromatic carbocycles. The summed E-state index contributed by atoms with van der Waals surface area (Å²) in [5.74, 6) is -1.03. The number of nitrogens with zero attached hydrogens (tertiary/aromatic N) is 3. The van der Waals surface area contributed by atoms with Crippen molar-refractivity contribution in [3.63, 3.8) is 0 Å². The van der Waals surface area contributed by atoms with Crippen LogP contribution in [-0.4, -0.2) is 107 Å². The summed E-state index contributed by atoms with van der Waals surface area (Å²) in [4.78, 5) is 57.6. The van der Waals surface area contributed by atoms with Crippen molar-refractivity contribution in [3.8, 4) is 0 Å². The predicted octanol–water partition coefficient (Wildman–Crippen LogP) is 4.26. The highest BCUT2D eigenvalue weighted by atomic mass is 16.3. The minimum absolute atomic E-state index is 0.0225. The largest absolute Gasteiger partial charge is 0.393 e. The second-order valence-corrected chi connectivity index (χ2v) is 15.6. The highest BCUT2D eigenvalue weighted by molar-refractivity contribution is 5.86. The molecule has 0 bridgehead atoms. The summed E-state index contributed by atoms with van der Waals surface area (Å²) >= 11 is 0. The Morgan fingerprint density at radius 2 is 1.31 bits per heavy atom. The third kappa shape index (κ3) is 13.4. The molecule has 0 aromatic heterocycles. The van der Waals surface area contributed by atoms with Gasteiger partial charge in [-0.15, -0.1) is 0 Å². The molecule has 11 nitrogen and oxygen atoms in total. The van der Waals surface area contributed by atoms with Crippen molar-refractivity contribution in [1.82, 2.24) is 25.6 Å². The van der Waals surface area contributed by atoms with Crippen LogP contribution < -0.4 is 10.7 Å². The average Bonchev–Trinajstić information content (AvgIpc) is 3.08. The number of nitrogens with one attached hydrogen (secondary N) is 2. The summed E-state index contributed by atoms with van der Waals surface area (Å²) in [6, 6.07) is -0.571. The first kappa shape index (κ1) is 41.2. The molecule has 0 spiro atoms. The normalized spacial score (nSPS) is 26.1. The molecule has 0 heterocycles. The molecule has 4 N–H and O–H groups in total. The molecule has 3 fully saturated rings. The zero-order valence-corrected chi connectivity index (χ0v) is 31.3. The molecule has 3 rings (SSSR count). The van der Waals surface area contributed by atoms with Crippen LogP contribution in [0.15, 0.2) is 0 Å². The van der Waals surface area contributed by atoms with Gasteiger partial charge >= 0.3 is 0 Å². The van der Waals surface area contributed by atoms with Crippen LogP contribution in [0.3, 0.4) is 0 Å². The SMILES string of the molecule is CCCN(CC(O)C(CC1CCC(O)CC1)NC(=O)C1CC(C(=O)N(C)C)CC(C(=O)N(CCC)CCC)C1)NC(=O)CC1CCCCC1. The molecule has 0 radical (unpaired) electrons. The maximum Gasteiger partial charge on any atom is 0.234 e. The summed E-state index contributed by atoms with van der Waals surface area (Å²) in [5.41, 5.74) is 3.06. The van der Waals surface area contributed by atoms with Gasteiger partial charge in [0.05, 0.1) is 18.2 Å². The quantitative estimate of drug-likeness (QED) is 0.158. The molecule has 11 heteroatoms. The first-order valence-corrected chi connectivity index (χ1v) is 19.7. The Kier molecular flexibility index (Phi) is 17.8. The van der Waals surface area contributed by atoms with Crippen molar-refractivity contribution in [2.45, 2.75) is 148 Å². The maximum absolute atomic E-state index is 14.1. The highest BCUT2D eigenvalue weighted by Gasteiger charge is 2.41. The van der Waals surface area contributed by atoms with Crippen LogP contribution in [-0.2, 0) is 19.2 Å². The molecule has 5 unspecified atom stereocenters. The first-order valence-electron chi connectivity index (χ1n) is 19.7. The maximum atomic E-state index is 14.1. The lowest BCUT2D eigenvalue weighted by molar-refractivity contribution is -0.143. The van der Waals surface area contributed by atoms with Crippen molar-refractivity contribution in [2.24, 2.45) is 29.6 Å². The van der Waals surface area contributed by atoms with E-state index >= 15 is 0 Å². The van der Waals surface area contributed by atoms with Gasteiger partial charge in [0, 0.05) is 64.4 Å². The van der Waals surface area contributed by atoms with E-state index in [9.17, 15) is 29.4 Å². The van der Waals surface area contributed by atoms with E-state index in [0.717, 1.165) is 44.9 Å². The Labute approximate surface area is 296 Å². The van der Waals surface area contributed by atoms with Gasteiger partial charge in [-0.2, -0.15) is 0 Å². The van der Waals surface area contributed by atoms with Crippen LogP contribution in [0.5, 0.6) is 0 Å². The van der Waals surface area contributed by atoms with E-state index in [-0.39, 0.29) is 42.2 Å². The zero-order valence-electron chi connectivity index (χ0n) is 31.3. The van der Waals surface area contributed by atoms with Crippen LogP contribution in [0.25, 0.3) is 0 Å². The van der Waals surface area contributed by atoms with E-state index in [4.69, 9.17) is 0 Å². The molecular formula is C38H69N5O6. The van der Waals surface area contributed by atoms with Gasteiger partial charge in [-0.1, -0.05) is 40.0 Å². The molecule has 4 amide bonds. The van der Waals surface area contributed by atoms with E-state index < -0.39 is 29.9 Å². The lowest BCUT2D eigenvalue weighted by Crippen LogP contribution is -2.55. The lowest BCUT2D eigenvalue weighted by atomic mass is 9.73. The van der Waals surface area contributed by atoms with Crippen molar-refractivity contribution in [1.29, 1.82) is 0 Å². The zero-order chi connectivity index (χ0) is 35.9. The summed E-state index contributed by atoms with van der Waals surface area (Å²) in [5, 5.41) is 26.9. The third-order valence-corrected chi connectivity index (χ3v) is 11.1. The van der Waals surface area contributed by atoms with Gasteiger partial charge in [0.1, 0.15) is 0 Å². The summed E-state index contributed by atoms with van der Waals surface area (Å²) in [6.07, 6.45) is 12.2. The lowest BCUT2D eigenvalue weighted by Gasteiger charge is -2.38. The van der Waals surface area contributed by atoms with Crippen LogP contribution in [0.1, 0.15) is 130 Å². The van der Waals surface area contributed by atoms with Gasteiger partial charge in [-0.05, 0) is 95.3 Å². The second-order valence-electron chi connectivity index (χ2n) is 15.6. The van der Waals surface area contributed by atoms with Gasteiger partial charge in [-0.25, -0.2) is 5.01 Å². The number of carbonyl (C=O) groups is 4. The molecule has 0 aromatic rings. The van der Waals surface area contributed by atoms with Crippen molar-refractivity contribution < 1.29 is 29.4 Å². The van der Waals surface area contributed by atoms with Crippen molar-refractivity contribution in [2.75, 3.05) is 40.3 Å². The van der Waals surface area contributed by atoms with Crippen LogP contribution in [0.2, 0.25) is 0 Å². The van der Waals surface area contributed by atoms with Crippen molar-refractivity contribution >= 4 is 23.6 Å². The van der Waals surface area contributed by atoms with Crippen molar-refractivity contribution in [3.05, 3.63) is 0 Å². The minimum Gasteiger partial charge on any atom is -0.393 e. The number of hydrazine groups is 1. The fraction of sp³-hybridized carbons (Fsp3) is 0.895. The first-order chi connectivity index (χ1) is 23.4. The molecule has 5 atom stereocenters. The van der Waals surface area contributed by atoms with Crippen LogP contribution in [0.4, 0.5) is 0 Å². The van der Waals surface area contributed by atoms with E-state index in [1.54, 1.807) is 24.0 Å². The highest BCUT2D eigenvalue weighted by Crippen LogP contribution is 2.36. The Bertz CT molecular complexity index is 1020. The Balaban J connectivity index is 1.77. The number of rotatable bonds is 18. The third-order valence-electron chi connectivity index (χ3n) is 11.1. The van der Waals surface area contributed by atoms with E-state index in [1.165, 1.54) is 19.3 Å². The number of aliphatic hydroxyl groups is 2. The second kappa shape index (κ2) is 21.2. The van der Waals surface area contributed by atoms with E-state index in [1.807, 2.05) is 25.7 Å². The summed E-state index contributed by atoms with van der Waals surface area (Å²) in [7, 11) is 3.43. The van der Waals surface area contributed by atoms with Crippen LogP contribution in [0, 0.1) is 29.6 Å². The molecule has 49 heavy (non-hydrogen) atoms. The fourth-order valence-electron chi connectivity index (χ4n) is 8.48. The number of amides is 4. The molecule has 282 valence electrons. The Morgan fingerprint density at radius 1 is 0.735 bits per heavy atom. The molecule has 3 aliphatic carbocycles. The van der Waals surface area contributed by atoms with E-state index in [0.29, 0.717) is 70.5 Å². The number of carbonyl (C=O) groups excluding carboxylic acids is 4. The molecule has 0 saturated heterocycles. The topological polar surface area (TPSA) is 143 Å². The van der Waals surface area contributed by atoms with Gasteiger partial charge in [0.15, 0.2) is 0 Å². The Hall–Kier alpha value is -2.24. The van der Waals surface area contributed by atoms with Gasteiger partial charge in [-0.3, -0.25) is 24.6 Å².